The van der Waals surface area contributed by atoms with Crippen LogP contribution in [0.2, 0.25) is 0 Å². The first-order valence-electron chi connectivity index (χ1n) is 10.2. The number of ether oxygens (including phenoxy) is 1. The molecule has 2 atom stereocenters. The van der Waals surface area contributed by atoms with Crippen LogP contribution in [0, 0.1) is 5.82 Å². The van der Waals surface area contributed by atoms with Gasteiger partial charge >= 0.3 is 6.03 Å². The highest BCUT2D eigenvalue weighted by molar-refractivity contribution is 7.09. The summed E-state index contributed by atoms with van der Waals surface area (Å²) in [6.07, 6.45) is 1.78. The minimum absolute atomic E-state index is 0.0449. The van der Waals surface area contributed by atoms with Gasteiger partial charge in [-0.15, -0.1) is 11.3 Å². The molecule has 7 nitrogen and oxygen atoms in total. The highest BCUT2D eigenvalue weighted by Gasteiger charge is 2.49. The van der Waals surface area contributed by atoms with E-state index in [1.54, 1.807) is 23.2 Å². The molecule has 2 aromatic rings. The molecule has 1 aromatic heterocycles. The van der Waals surface area contributed by atoms with Crippen molar-refractivity contribution in [3.05, 3.63) is 58.0 Å². The van der Waals surface area contributed by atoms with Crippen molar-refractivity contribution in [2.24, 2.45) is 0 Å². The highest BCUT2D eigenvalue weighted by atomic mass is 32.1. The number of nitrogens with one attached hydrogen (secondary N) is 1. The van der Waals surface area contributed by atoms with E-state index in [1.807, 2.05) is 17.5 Å². The quantitative estimate of drug-likeness (QED) is 0.665. The molecule has 4 amide bonds. The van der Waals surface area contributed by atoms with Gasteiger partial charge in [0.25, 0.3) is 5.91 Å². The molecule has 0 saturated carbocycles. The van der Waals surface area contributed by atoms with E-state index in [0.717, 1.165) is 22.6 Å². The van der Waals surface area contributed by atoms with Gasteiger partial charge < -0.3 is 15.0 Å². The third kappa shape index (κ3) is 4.47. The summed E-state index contributed by atoms with van der Waals surface area (Å²) >= 11 is 1.54. The average Bonchev–Trinajstić information content (AvgIpc) is 3.48. The molecule has 164 valence electrons. The molecule has 1 aromatic carbocycles. The Bertz CT molecular complexity index is 960. The number of halogens is 1. The third-order valence-electron chi connectivity index (χ3n) is 5.72. The van der Waals surface area contributed by atoms with E-state index in [2.05, 4.69) is 5.32 Å². The van der Waals surface area contributed by atoms with Crippen molar-refractivity contribution < 1.29 is 23.5 Å². The van der Waals surface area contributed by atoms with Gasteiger partial charge in [0.2, 0.25) is 5.91 Å². The molecule has 2 fully saturated rings. The molecule has 31 heavy (non-hydrogen) atoms. The number of carbonyl (C=O) groups is 3. The maximum atomic E-state index is 13.3. The molecule has 0 bridgehead atoms. The first-order chi connectivity index (χ1) is 14.9. The number of amides is 4. The summed E-state index contributed by atoms with van der Waals surface area (Å²) in [6.45, 7) is 2.68. The fourth-order valence-electron chi connectivity index (χ4n) is 3.93. The maximum absolute atomic E-state index is 13.3. The predicted octanol–water partition coefficient (Wildman–Crippen LogP) is 2.86. The van der Waals surface area contributed by atoms with Gasteiger partial charge in [0.15, 0.2) is 0 Å². The van der Waals surface area contributed by atoms with Crippen molar-refractivity contribution >= 4 is 29.2 Å². The summed E-state index contributed by atoms with van der Waals surface area (Å²) < 4.78 is 19.0. The largest absolute Gasteiger partial charge is 0.376 e. The number of hydrogen-bond acceptors (Lipinski definition) is 5. The van der Waals surface area contributed by atoms with Crippen LogP contribution < -0.4 is 5.32 Å². The van der Waals surface area contributed by atoms with E-state index in [-0.39, 0.29) is 18.6 Å². The molecule has 1 N–H and O–H groups in total. The van der Waals surface area contributed by atoms with Gasteiger partial charge in [-0.2, -0.15) is 0 Å². The standard InChI is InChI=1S/C22H24FN3O4S/c1-22(15-6-8-16(23)9-7-15)20(28)26(21(29)24-22)14-19(27)25(12-17-4-2-10-30-17)13-18-5-3-11-31-18/h3,5-9,11,17H,2,4,10,12-14H2,1H3,(H,24,29). The predicted molar refractivity (Wildman–Crippen MR) is 113 cm³/mol. The first-order valence-corrected chi connectivity index (χ1v) is 11.1. The van der Waals surface area contributed by atoms with E-state index in [9.17, 15) is 18.8 Å². The minimum Gasteiger partial charge on any atom is -0.376 e. The molecule has 9 heteroatoms. The topological polar surface area (TPSA) is 79.0 Å². The number of benzene rings is 1. The van der Waals surface area contributed by atoms with Crippen molar-refractivity contribution in [3.8, 4) is 0 Å². The number of imide groups is 1. The average molecular weight is 446 g/mol. The zero-order valence-corrected chi connectivity index (χ0v) is 18.0. The lowest BCUT2D eigenvalue weighted by atomic mass is 9.92. The second-order valence-corrected chi connectivity index (χ2v) is 8.97. The van der Waals surface area contributed by atoms with Crippen LogP contribution in [0.15, 0.2) is 41.8 Å². The molecular weight excluding hydrogens is 421 g/mol. The van der Waals surface area contributed by atoms with E-state index >= 15 is 0 Å². The summed E-state index contributed by atoms with van der Waals surface area (Å²) in [5.41, 5.74) is -0.893. The molecular formula is C22H24FN3O4S. The van der Waals surface area contributed by atoms with Crippen LogP contribution in [-0.2, 0) is 26.4 Å². The van der Waals surface area contributed by atoms with Crippen LogP contribution in [0.5, 0.6) is 0 Å². The van der Waals surface area contributed by atoms with Gasteiger partial charge in [-0.1, -0.05) is 18.2 Å². The smallest absolute Gasteiger partial charge is 0.325 e. The lowest BCUT2D eigenvalue weighted by molar-refractivity contribution is -0.140. The molecule has 2 aliphatic rings. The van der Waals surface area contributed by atoms with Gasteiger partial charge in [0.05, 0.1) is 12.6 Å². The normalized spacial score (nSPS) is 23.3. The van der Waals surface area contributed by atoms with Crippen LogP contribution >= 0.6 is 11.3 Å². The summed E-state index contributed by atoms with van der Waals surface area (Å²) in [4.78, 5) is 42.4. The summed E-state index contributed by atoms with van der Waals surface area (Å²) in [7, 11) is 0. The number of nitrogens with zero attached hydrogens (tertiary/aromatic N) is 2. The van der Waals surface area contributed by atoms with Gasteiger partial charge in [-0.25, -0.2) is 9.18 Å². The molecule has 0 aliphatic carbocycles. The third-order valence-corrected chi connectivity index (χ3v) is 6.58. The molecule has 3 heterocycles. The number of hydrogen-bond donors (Lipinski definition) is 1. The zero-order chi connectivity index (χ0) is 22.0. The maximum Gasteiger partial charge on any atom is 0.325 e. The monoisotopic (exact) mass is 445 g/mol. The Morgan fingerprint density at radius 2 is 2.10 bits per heavy atom. The first kappa shape index (κ1) is 21.5. The molecule has 2 saturated heterocycles. The number of carbonyl (C=O) groups excluding carboxylic acids is 3. The number of rotatable bonds is 7. The van der Waals surface area contributed by atoms with Crippen LogP contribution in [0.4, 0.5) is 9.18 Å². The van der Waals surface area contributed by atoms with Crippen LogP contribution in [0.1, 0.15) is 30.2 Å². The van der Waals surface area contributed by atoms with Crippen molar-refractivity contribution in [3.63, 3.8) is 0 Å². The fraction of sp³-hybridized carbons (Fsp3) is 0.409. The summed E-state index contributed by atoms with van der Waals surface area (Å²) in [5.74, 6) is -1.30. The SMILES string of the molecule is CC1(c2ccc(F)cc2)NC(=O)N(CC(=O)N(Cc2cccs2)CC2CCCO2)C1=O. The second-order valence-electron chi connectivity index (χ2n) is 7.94. The van der Waals surface area contributed by atoms with E-state index < -0.39 is 23.3 Å². The Kier molecular flexibility index (Phi) is 6.06. The van der Waals surface area contributed by atoms with Crippen molar-refractivity contribution in [1.29, 1.82) is 0 Å². The lowest BCUT2D eigenvalue weighted by Crippen LogP contribution is -2.46. The second kappa shape index (κ2) is 8.76. The van der Waals surface area contributed by atoms with E-state index in [0.29, 0.717) is 25.3 Å². The summed E-state index contributed by atoms with van der Waals surface area (Å²) in [6, 6.07) is 8.60. The number of thiophene rings is 1. The van der Waals surface area contributed by atoms with Crippen molar-refractivity contribution in [2.45, 2.75) is 38.0 Å². The Hall–Kier alpha value is -2.78. The lowest BCUT2D eigenvalue weighted by Gasteiger charge is -2.27. The Morgan fingerprint density at radius 1 is 1.32 bits per heavy atom. The van der Waals surface area contributed by atoms with Gasteiger partial charge in [-0.05, 0) is 48.9 Å². The zero-order valence-electron chi connectivity index (χ0n) is 17.2. The van der Waals surface area contributed by atoms with Crippen molar-refractivity contribution in [1.82, 2.24) is 15.1 Å². The summed E-state index contributed by atoms with van der Waals surface area (Å²) in [5, 5.41) is 4.59. The van der Waals surface area contributed by atoms with Crippen LogP contribution in [0.3, 0.4) is 0 Å². The van der Waals surface area contributed by atoms with Crippen LogP contribution in [-0.4, -0.2) is 53.4 Å². The highest BCUT2D eigenvalue weighted by Crippen LogP contribution is 2.29. The van der Waals surface area contributed by atoms with E-state index in [4.69, 9.17) is 4.74 Å². The Balaban J connectivity index is 1.50. The Morgan fingerprint density at radius 3 is 2.74 bits per heavy atom. The van der Waals surface area contributed by atoms with Gasteiger partial charge in [0, 0.05) is 18.0 Å². The van der Waals surface area contributed by atoms with Crippen molar-refractivity contribution in [2.75, 3.05) is 19.7 Å². The number of urea groups is 1. The molecule has 0 radical (unpaired) electrons. The Labute approximate surface area is 183 Å². The molecule has 0 spiro atoms. The minimum atomic E-state index is -1.35. The van der Waals surface area contributed by atoms with E-state index in [1.165, 1.54) is 24.3 Å². The fourth-order valence-corrected chi connectivity index (χ4v) is 4.65. The van der Waals surface area contributed by atoms with Gasteiger partial charge in [-0.3, -0.25) is 14.5 Å². The molecule has 2 aliphatic heterocycles. The molecule has 4 rings (SSSR count). The molecule has 2 unspecified atom stereocenters. The van der Waals surface area contributed by atoms with Gasteiger partial charge in [0.1, 0.15) is 17.9 Å². The van der Waals surface area contributed by atoms with Crippen LogP contribution in [0.25, 0.3) is 0 Å².